The molecule has 20 heavy (non-hydrogen) atoms. The lowest BCUT2D eigenvalue weighted by atomic mass is 10.0. The molecule has 112 valence electrons. The van der Waals surface area contributed by atoms with Crippen molar-refractivity contribution in [2.45, 2.75) is 33.2 Å². The fourth-order valence-electron chi connectivity index (χ4n) is 2.65. The molecule has 1 aromatic heterocycles. The van der Waals surface area contributed by atoms with Crippen LogP contribution >= 0.6 is 22.9 Å². The van der Waals surface area contributed by atoms with E-state index >= 15 is 0 Å². The molecule has 1 atom stereocenters. The highest BCUT2D eigenvalue weighted by Crippen LogP contribution is 2.23. The van der Waals surface area contributed by atoms with Crippen LogP contribution in [0.4, 0.5) is 0 Å². The number of halogens is 1. The van der Waals surface area contributed by atoms with E-state index in [4.69, 9.17) is 11.6 Å². The Hall–Kier alpha value is -0.580. The maximum atomic E-state index is 12.2. The zero-order valence-electron chi connectivity index (χ0n) is 12.3. The first kappa shape index (κ1) is 15.8. The van der Waals surface area contributed by atoms with Crippen molar-refractivity contribution >= 4 is 28.8 Å². The van der Waals surface area contributed by atoms with E-state index in [9.17, 15) is 4.79 Å². The fourth-order valence-corrected chi connectivity index (χ4v) is 3.78. The standard InChI is InChI=1S/C15H23ClN2OS/c1-3-4-12(2)15(19)18-9-7-17(8-10-18)11-13-5-6-14(16)20-13/h5-6,12H,3-4,7-11H2,1-2H3. The highest BCUT2D eigenvalue weighted by Gasteiger charge is 2.24. The second kappa shape index (κ2) is 7.43. The normalized spacial score (nSPS) is 18.2. The number of piperazine rings is 1. The molecule has 2 heterocycles. The average Bonchev–Trinajstić information content (AvgIpc) is 2.84. The van der Waals surface area contributed by atoms with Crippen LogP contribution in [0.3, 0.4) is 0 Å². The van der Waals surface area contributed by atoms with Crippen LogP contribution in [0, 0.1) is 5.92 Å². The zero-order chi connectivity index (χ0) is 14.5. The molecule has 5 heteroatoms. The van der Waals surface area contributed by atoms with Gasteiger partial charge in [-0.3, -0.25) is 9.69 Å². The van der Waals surface area contributed by atoms with Crippen LogP contribution in [0.5, 0.6) is 0 Å². The Kier molecular flexibility index (Phi) is 5.87. The molecule has 1 amide bonds. The molecule has 0 aromatic carbocycles. The zero-order valence-corrected chi connectivity index (χ0v) is 13.8. The van der Waals surface area contributed by atoms with Gasteiger partial charge in [-0.05, 0) is 18.6 Å². The van der Waals surface area contributed by atoms with Gasteiger partial charge in [0.05, 0.1) is 4.34 Å². The number of thiophene rings is 1. The summed E-state index contributed by atoms with van der Waals surface area (Å²) < 4.78 is 0.849. The molecular formula is C15H23ClN2OS. The van der Waals surface area contributed by atoms with E-state index in [1.807, 2.05) is 17.9 Å². The lowest BCUT2D eigenvalue weighted by Gasteiger charge is -2.35. The summed E-state index contributed by atoms with van der Waals surface area (Å²) in [6.07, 6.45) is 2.07. The lowest BCUT2D eigenvalue weighted by molar-refractivity contribution is -0.137. The summed E-state index contributed by atoms with van der Waals surface area (Å²) in [7, 11) is 0. The van der Waals surface area contributed by atoms with Gasteiger partial charge in [0.15, 0.2) is 0 Å². The molecule has 2 rings (SSSR count). The molecule has 1 saturated heterocycles. The van der Waals surface area contributed by atoms with Gasteiger partial charge in [-0.25, -0.2) is 0 Å². The molecule has 0 bridgehead atoms. The van der Waals surface area contributed by atoms with E-state index in [-0.39, 0.29) is 5.92 Å². The summed E-state index contributed by atoms with van der Waals surface area (Å²) >= 11 is 7.60. The van der Waals surface area contributed by atoms with Gasteiger partial charge in [-0.1, -0.05) is 31.9 Å². The molecule has 0 N–H and O–H groups in total. The molecule has 1 fully saturated rings. The summed E-state index contributed by atoms with van der Waals surface area (Å²) in [4.78, 5) is 18.0. The van der Waals surface area contributed by atoms with E-state index in [1.54, 1.807) is 11.3 Å². The van der Waals surface area contributed by atoms with Crippen LogP contribution in [0.1, 0.15) is 31.6 Å². The molecule has 1 unspecified atom stereocenters. The second-order valence-corrected chi connectivity index (χ2v) is 7.30. The van der Waals surface area contributed by atoms with Crippen molar-refractivity contribution in [3.8, 4) is 0 Å². The van der Waals surface area contributed by atoms with Crippen molar-refractivity contribution < 1.29 is 4.79 Å². The Balaban J connectivity index is 1.78. The molecule has 1 aliphatic heterocycles. The van der Waals surface area contributed by atoms with E-state index in [0.29, 0.717) is 5.91 Å². The topological polar surface area (TPSA) is 23.6 Å². The molecule has 0 spiro atoms. The number of carbonyl (C=O) groups is 1. The highest BCUT2D eigenvalue weighted by molar-refractivity contribution is 7.16. The summed E-state index contributed by atoms with van der Waals surface area (Å²) in [6.45, 7) is 8.75. The van der Waals surface area contributed by atoms with Crippen LogP contribution in [0.15, 0.2) is 12.1 Å². The third kappa shape index (κ3) is 4.21. The van der Waals surface area contributed by atoms with Gasteiger partial charge in [0.25, 0.3) is 0 Å². The average molecular weight is 315 g/mol. The van der Waals surface area contributed by atoms with Gasteiger partial charge >= 0.3 is 0 Å². The minimum absolute atomic E-state index is 0.169. The van der Waals surface area contributed by atoms with Crippen molar-refractivity contribution in [3.05, 3.63) is 21.3 Å². The van der Waals surface area contributed by atoms with Crippen LogP contribution in [0.25, 0.3) is 0 Å². The van der Waals surface area contributed by atoms with Gasteiger partial charge in [0, 0.05) is 43.5 Å². The van der Waals surface area contributed by atoms with Crippen molar-refractivity contribution in [2.24, 2.45) is 5.92 Å². The minimum atomic E-state index is 0.169. The quantitative estimate of drug-likeness (QED) is 0.830. The SMILES string of the molecule is CCCC(C)C(=O)N1CCN(Cc2ccc(Cl)s2)CC1. The number of hydrogen-bond acceptors (Lipinski definition) is 3. The highest BCUT2D eigenvalue weighted by atomic mass is 35.5. The van der Waals surface area contributed by atoms with Gasteiger partial charge in [-0.15, -0.1) is 11.3 Å². The third-order valence-corrected chi connectivity index (χ3v) is 5.05. The summed E-state index contributed by atoms with van der Waals surface area (Å²) in [6, 6.07) is 4.04. The monoisotopic (exact) mass is 314 g/mol. The summed E-state index contributed by atoms with van der Waals surface area (Å²) in [5.74, 6) is 0.494. The van der Waals surface area contributed by atoms with Crippen molar-refractivity contribution in [1.29, 1.82) is 0 Å². The first-order valence-corrected chi connectivity index (χ1v) is 8.55. The molecule has 0 saturated carbocycles. The molecule has 1 aliphatic rings. The van der Waals surface area contributed by atoms with Crippen LogP contribution in [-0.2, 0) is 11.3 Å². The largest absolute Gasteiger partial charge is 0.340 e. The molecule has 0 aliphatic carbocycles. The molecule has 3 nitrogen and oxygen atoms in total. The predicted octanol–water partition coefficient (Wildman–Crippen LogP) is 3.48. The van der Waals surface area contributed by atoms with Gasteiger partial charge in [-0.2, -0.15) is 0 Å². The smallest absolute Gasteiger partial charge is 0.225 e. The van der Waals surface area contributed by atoms with E-state index in [1.165, 1.54) is 4.88 Å². The third-order valence-electron chi connectivity index (χ3n) is 3.84. The lowest BCUT2D eigenvalue weighted by Crippen LogP contribution is -2.49. The van der Waals surface area contributed by atoms with Gasteiger partial charge in [0.2, 0.25) is 5.91 Å². The Morgan fingerprint density at radius 1 is 1.35 bits per heavy atom. The van der Waals surface area contributed by atoms with E-state index < -0.39 is 0 Å². The number of amides is 1. The summed E-state index contributed by atoms with van der Waals surface area (Å²) in [5, 5.41) is 0. The number of carbonyl (C=O) groups excluding carboxylic acids is 1. The maximum absolute atomic E-state index is 12.2. The summed E-state index contributed by atoms with van der Waals surface area (Å²) in [5.41, 5.74) is 0. The predicted molar refractivity (Wildman–Crippen MR) is 85.3 cm³/mol. The fraction of sp³-hybridized carbons (Fsp3) is 0.667. The van der Waals surface area contributed by atoms with Crippen molar-refractivity contribution in [3.63, 3.8) is 0 Å². The first-order chi connectivity index (χ1) is 9.60. The van der Waals surface area contributed by atoms with Crippen molar-refractivity contribution in [2.75, 3.05) is 26.2 Å². The Bertz CT molecular complexity index is 441. The second-order valence-electron chi connectivity index (χ2n) is 5.50. The first-order valence-electron chi connectivity index (χ1n) is 7.35. The maximum Gasteiger partial charge on any atom is 0.225 e. The van der Waals surface area contributed by atoms with Crippen LogP contribution in [-0.4, -0.2) is 41.9 Å². The van der Waals surface area contributed by atoms with Crippen molar-refractivity contribution in [1.82, 2.24) is 9.80 Å². The Labute approximate surface area is 130 Å². The number of rotatable bonds is 5. The van der Waals surface area contributed by atoms with E-state index in [2.05, 4.69) is 17.9 Å². The Morgan fingerprint density at radius 3 is 2.60 bits per heavy atom. The van der Waals surface area contributed by atoms with E-state index in [0.717, 1.165) is 49.9 Å². The molecule has 0 radical (unpaired) electrons. The minimum Gasteiger partial charge on any atom is -0.340 e. The van der Waals surface area contributed by atoms with Crippen LogP contribution < -0.4 is 0 Å². The number of nitrogens with zero attached hydrogens (tertiary/aromatic N) is 2. The Morgan fingerprint density at radius 2 is 2.05 bits per heavy atom. The van der Waals surface area contributed by atoms with Gasteiger partial charge < -0.3 is 4.90 Å². The number of hydrogen-bond donors (Lipinski definition) is 0. The molecule has 1 aromatic rings. The van der Waals surface area contributed by atoms with Gasteiger partial charge in [0.1, 0.15) is 0 Å². The molecular weight excluding hydrogens is 292 g/mol. The van der Waals surface area contributed by atoms with Crippen LogP contribution in [0.2, 0.25) is 4.34 Å².